The minimum Gasteiger partial charge on any atom is -0.444 e. The zero-order chi connectivity index (χ0) is 27.0. The van der Waals surface area contributed by atoms with Crippen LogP contribution in [0.2, 0.25) is 0 Å². The van der Waals surface area contributed by atoms with Crippen molar-refractivity contribution in [1.29, 1.82) is 0 Å². The average Bonchev–Trinajstić information content (AvgIpc) is 3.76. The van der Waals surface area contributed by atoms with Crippen LogP contribution >= 0.6 is 0 Å². The summed E-state index contributed by atoms with van der Waals surface area (Å²) < 4.78 is 40.3. The van der Waals surface area contributed by atoms with Gasteiger partial charge in [0.15, 0.2) is 11.2 Å². The molecule has 2 fully saturated rings. The van der Waals surface area contributed by atoms with E-state index in [9.17, 15) is 18.4 Å². The molecule has 1 spiro atoms. The van der Waals surface area contributed by atoms with Crippen LogP contribution in [0.5, 0.6) is 5.75 Å². The van der Waals surface area contributed by atoms with Gasteiger partial charge in [-0.15, -0.1) is 0 Å². The van der Waals surface area contributed by atoms with Crippen LogP contribution in [0.1, 0.15) is 69.2 Å². The van der Waals surface area contributed by atoms with Crippen molar-refractivity contribution in [3.8, 4) is 16.9 Å². The molecule has 6 rings (SSSR count). The molecule has 38 heavy (non-hydrogen) atoms. The third kappa shape index (κ3) is 4.33. The van der Waals surface area contributed by atoms with E-state index in [1.807, 2.05) is 37.5 Å². The molecular weight excluding hydrogens is 490 g/mol. The Morgan fingerprint density at radius 1 is 1.13 bits per heavy atom. The predicted molar refractivity (Wildman–Crippen MR) is 141 cm³/mol. The van der Waals surface area contributed by atoms with Gasteiger partial charge in [-0.2, -0.15) is 8.78 Å². The maximum absolute atomic E-state index is 13.8. The van der Waals surface area contributed by atoms with Gasteiger partial charge in [-0.25, -0.2) is 4.79 Å². The van der Waals surface area contributed by atoms with Gasteiger partial charge >= 0.3 is 12.7 Å². The van der Waals surface area contributed by atoms with Crippen LogP contribution in [0.25, 0.3) is 22.0 Å². The minimum absolute atomic E-state index is 0.0161. The summed E-state index contributed by atoms with van der Waals surface area (Å²) in [7, 11) is 0. The number of halogens is 2. The molecule has 0 atom stereocenters. The molecule has 3 aromatic rings. The third-order valence-corrected chi connectivity index (χ3v) is 7.82. The number of rotatable bonds is 4. The van der Waals surface area contributed by atoms with Crippen molar-refractivity contribution in [3.05, 3.63) is 63.4 Å². The second-order valence-corrected chi connectivity index (χ2v) is 12.0. The lowest BCUT2D eigenvalue weighted by Gasteiger charge is -2.36. The number of alkyl halides is 2. The van der Waals surface area contributed by atoms with Gasteiger partial charge < -0.3 is 18.9 Å². The Hall–Kier alpha value is -3.42. The van der Waals surface area contributed by atoms with E-state index >= 15 is 0 Å². The smallest absolute Gasteiger partial charge is 0.410 e. The molecule has 2 aromatic carbocycles. The van der Waals surface area contributed by atoms with Crippen molar-refractivity contribution in [2.45, 2.75) is 83.6 Å². The topological polar surface area (TPSA) is 60.8 Å². The Bertz CT molecular complexity index is 1510. The van der Waals surface area contributed by atoms with E-state index in [0.717, 1.165) is 31.2 Å². The minimum atomic E-state index is -3.04. The second-order valence-electron chi connectivity index (χ2n) is 12.0. The molecule has 2 aliphatic carbocycles. The lowest BCUT2D eigenvalue weighted by atomic mass is 9.85. The highest BCUT2D eigenvalue weighted by molar-refractivity contribution is 5.93. The lowest BCUT2D eigenvalue weighted by Crippen LogP contribution is -2.44. The molecule has 3 aliphatic rings. The number of nitrogens with zero attached hydrogens (tertiary/aromatic N) is 2. The number of hydrogen-bond donors (Lipinski definition) is 0. The number of carbonyl (C=O) groups is 1. The number of amides is 1. The fourth-order valence-corrected chi connectivity index (χ4v) is 5.79. The number of ether oxygens (including phenoxy) is 2. The van der Waals surface area contributed by atoms with Crippen LogP contribution in [0.4, 0.5) is 13.6 Å². The quantitative estimate of drug-likeness (QED) is 0.383. The molecule has 0 radical (unpaired) electrons. The molecular formula is C30H32F2N2O4. The van der Waals surface area contributed by atoms with Crippen molar-refractivity contribution in [3.63, 3.8) is 0 Å². The van der Waals surface area contributed by atoms with Crippen molar-refractivity contribution in [1.82, 2.24) is 9.47 Å². The van der Waals surface area contributed by atoms with Gasteiger partial charge in [-0.05, 0) is 88.3 Å². The predicted octanol–water partition coefficient (Wildman–Crippen LogP) is 6.70. The molecule has 2 heterocycles. The van der Waals surface area contributed by atoms with Crippen molar-refractivity contribution in [2.24, 2.45) is 0 Å². The number of aryl methyl sites for hydroxylation is 1. The first-order valence-corrected chi connectivity index (χ1v) is 13.2. The molecule has 1 amide bonds. The average molecular weight is 523 g/mol. The maximum atomic E-state index is 13.8. The number of carbonyl (C=O) groups excluding carboxylic acids is 1. The summed E-state index contributed by atoms with van der Waals surface area (Å²) in [6.45, 7) is 5.23. The number of benzene rings is 2. The van der Waals surface area contributed by atoms with Gasteiger partial charge in [-0.3, -0.25) is 4.79 Å². The molecule has 1 aliphatic heterocycles. The number of hydrogen-bond acceptors (Lipinski definition) is 4. The Morgan fingerprint density at radius 2 is 1.87 bits per heavy atom. The first-order valence-electron chi connectivity index (χ1n) is 13.2. The normalized spacial score (nSPS) is 18.1. The van der Waals surface area contributed by atoms with Gasteiger partial charge in [-0.1, -0.05) is 12.1 Å². The SMILES string of the molecule is Cc1cn(C2CC2)c2c(OC(F)F)c(-c3ccc4c(c3)CN(C(=O)OC(C)(C)C)CC43CC3)ccc2c1=O. The largest absolute Gasteiger partial charge is 0.444 e. The summed E-state index contributed by atoms with van der Waals surface area (Å²) in [5.74, 6) is 0.0161. The number of fused-ring (bicyclic) bond motifs is 3. The molecule has 2 saturated carbocycles. The van der Waals surface area contributed by atoms with E-state index in [1.165, 1.54) is 5.56 Å². The van der Waals surface area contributed by atoms with Gasteiger partial charge in [0.25, 0.3) is 0 Å². The van der Waals surface area contributed by atoms with Crippen LogP contribution in [-0.4, -0.2) is 34.3 Å². The summed E-state index contributed by atoms with van der Waals surface area (Å²) >= 11 is 0. The summed E-state index contributed by atoms with van der Waals surface area (Å²) in [6, 6.07) is 9.54. The molecule has 200 valence electrons. The van der Waals surface area contributed by atoms with Gasteiger partial charge in [0.05, 0.1) is 5.52 Å². The van der Waals surface area contributed by atoms with Crippen molar-refractivity contribution in [2.75, 3.05) is 6.54 Å². The molecule has 6 nitrogen and oxygen atoms in total. The van der Waals surface area contributed by atoms with Crippen LogP contribution in [-0.2, 0) is 16.7 Å². The van der Waals surface area contributed by atoms with E-state index in [2.05, 4.69) is 6.07 Å². The van der Waals surface area contributed by atoms with Gasteiger partial charge in [0.2, 0.25) is 0 Å². The molecule has 1 aromatic heterocycles. The summed E-state index contributed by atoms with van der Waals surface area (Å²) in [5, 5.41) is 0.377. The zero-order valence-corrected chi connectivity index (χ0v) is 22.1. The van der Waals surface area contributed by atoms with Gasteiger partial charge in [0.1, 0.15) is 5.60 Å². The summed E-state index contributed by atoms with van der Waals surface area (Å²) in [6.07, 6.45) is 5.24. The monoisotopic (exact) mass is 522 g/mol. The fraction of sp³-hybridized carbons (Fsp3) is 0.467. The Kier molecular flexibility index (Phi) is 5.60. The highest BCUT2D eigenvalue weighted by Crippen LogP contribution is 2.53. The first kappa shape index (κ1) is 24.9. The van der Waals surface area contributed by atoms with E-state index < -0.39 is 12.2 Å². The van der Waals surface area contributed by atoms with Crippen LogP contribution in [0.3, 0.4) is 0 Å². The fourth-order valence-electron chi connectivity index (χ4n) is 5.79. The highest BCUT2D eigenvalue weighted by atomic mass is 19.3. The summed E-state index contributed by atoms with van der Waals surface area (Å²) in [5.41, 5.74) is 3.50. The van der Waals surface area contributed by atoms with Crippen LogP contribution in [0.15, 0.2) is 41.3 Å². The second kappa shape index (κ2) is 8.55. The standard InChI is InChI=1S/C30H32F2N2O4/c1-17-14-34(20-6-7-20)24-22(25(17)35)9-8-21(26(24)37-27(31)32)18-5-10-23-19(13-18)15-33(16-30(23)11-12-30)28(36)38-29(2,3)4/h5,8-10,13-14,20,27H,6-7,11-12,15-16H2,1-4H3. The first-order chi connectivity index (χ1) is 18.0. The third-order valence-electron chi connectivity index (χ3n) is 7.82. The molecule has 0 N–H and O–H groups in total. The van der Waals surface area contributed by atoms with E-state index in [-0.39, 0.29) is 28.7 Å². The molecule has 0 saturated heterocycles. The zero-order valence-electron chi connectivity index (χ0n) is 22.1. The van der Waals surface area contributed by atoms with E-state index in [4.69, 9.17) is 9.47 Å². The highest BCUT2D eigenvalue weighted by Gasteiger charge is 2.50. The van der Waals surface area contributed by atoms with Crippen molar-refractivity contribution >= 4 is 17.0 Å². The maximum Gasteiger partial charge on any atom is 0.410 e. The molecule has 0 unspecified atom stereocenters. The van der Waals surface area contributed by atoms with Crippen molar-refractivity contribution < 1.29 is 23.0 Å². The number of aromatic nitrogens is 1. The van der Waals surface area contributed by atoms with Gasteiger partial charge in [0, 0.05) is 47.3 Å². The van der Waals surface area contributed by atoms with E-state index in [0.29, 0.717) is 40.7 Å². The number of pyridine rings is 1. The molecule has 8 heteroatoms. The van der Waals surface area contributed by atoms with Crippen LogP contribution < -0.4 is 10.2 Å². The Balaban J connectivity index is 1.48. The lowest BCUT2D eigenvalue weighted by molar-refractivity contribution is -0.0486. The molecule has 0 bridgehead atoms. The summed E-state index contributed by atoms with van der Waals surface area (Å²) in [4.78, 5) is 27.7. The Morgan fingerprint density at radius 3 is 2.50 bits per heavy atom. The van der Waals surface area contributed by atoms with E-state index in [1.54, 1.807) is 30.2 Å². The van der Waals surface area contributed by atoms with Crippen LogP contribution in [0, 0.1) is 6.92 Å². The Labute approximate surface area is 220 Å².